The molecule has 4 aromatic rings. The molecule has 1 aliphatic rings. The van der Waals surface area contributed by atoms with E-state index in [9.17, 15) is 14.0 Å². The van der Waals surface area contributed by atoms with Crippen molar-refractivity contribution < 1.29 is 9.18 Å². The van der Waals surface area contributed by atoms with Gasteiger partial charge >= 0.3 is 0 Å². The summed E-state index contributed by atoms with van der Waals surface area (Å²) >= 11 is 0. The molecule has 0 aliphatic carbocycles. The molecule has 0 unspecified atom stereocenters. The quantitative estimate of drug-likeness (QED) is 0.458. The highest BCUT2D eigenvalue weighted by Gasteiger charge is 2.25. The van der Waals surface area contributed by atoms with Crippen molar-refractivity contribution in [2.45, 2.75) is 25.9 Å². The van der Waals surface area contributed by atoms with Gasteiger partial charge in [-0.2, -0.15) is 0 Å². The molecule has 34 heavy (non-hydrogen) atoms. The number of tetrazole rings is 1. The number of benzene rings is 2. The highest BCUT2D eigenvalue weighted by Crippen LogP contribution is 2.22. The van der Waals surface area contributed by atoms with Crippen LogP contribution in [0.2, 0.25) is 0 Å². The lowest BCUT2D eigenvalue weighted by Gasteiger charge is -2.30. The average molecular weight is 458 g/mol. The monoisotopic (exact) mass is 458 g/mol. The molecule has 0 saturated heterocycles. The van der Waals surface area contributed by atoms with Crippen LogP contribution in [0.4, 0.5) is 4.39 Å². The van der Waals surface area contributed by atoms with Gasteiger partial charge in [-0.3, -0.25) is 9.59 Å². The molecule has 3 heterocycles. The Kier molecular flexibility index (Phi) is 5.75. The van der Waals surface area contributed by atoms with Crippen molar-refractivity contribution in [3.05, 3.63) is 111 Å². The number of pyridine rings is 1. The topological polar surface area (TPSA) is 85.9 Å². The molecule has 0 fully saturated rings. The highest BCUT2D eigenvalue weighted by atomic mass is 19.1. The predicted molar refractivity (Wildman–Crippen MR) is 123 cm³/mol. The molecule has 1 amide bonds. The maximum absolute atomic E-state index is 14.2. The summed E-state index contributed by atoms with van der Waals surface area (Å²) in [7, 11) is 1.74. The van der Waals surface area contributed by atoms with E-state index in [1.807, 2.05) is 30.3 Å². The van der Waals surface area contributed by atoms with E-state index < -0.39 is 0 Å². The zero-order valence-electron chi connectivity index (χ0n) is 18.7. The Morgan fingerprint density at radius 2 is 1.88 bits per heavy atom. The fourth-order valence-electron chi connectivity index (χ4n) is 4.42. The predicted octanol–water partition coefficient (Wildman–Crippen LogP) is 2.35. The molecule has 172 valence electrons. The van der Waals surface area contributed by atoms with Crippen LogP contribution in [0.15, 0.2) is 65.7 Å². The Hall–Kier alpha value is -4.14. The van der Waals surface area contributed by atoms with E-state index in [-0.39, 0.29) is 23.7 Å². The number of amides is 1. The summed E-state index contributed by atoms with van der Waals surface area (Å²) in [5.74, 6) is -0.397. The number of carbonyl (C=O) groups excluding carboxylic acids is 1. The molecule has 0 atom stereocenters. The lowest BCUT2D eigenvalue weighted by Crippen LogP contribution is -2.39. The minimum atomic E-state index is -0.331. The third-order valence-electron chi connectivity index (χ3n) is 6.25. The summed E-state index contributed by atoms with van der Waals surface area (Å²) in [6.45, 7) is 1.45. The van der Waals surface area contributed by atoms with Crippen molar-refractivity contribution in [2.24, 2.45) is 7.05 Å². The lowest BCUT2D eigenvalue weighted by atomic mass is 9.98. The molecule has 1 aliphatic heterocycles. The van der Waals surface area contributed by atoms with E-state index in [4.69, 9.17) is 0 Å². The molecule has 9 heteroatoms. The average Bonchev–Trinajstić information content (AvgIpc) is 3.36. The third kappa shape index (κ3) is 4.24. The van der Waals surface area contributed by atoms with Gasteiger partial charge in [-0.15, -0.1) is 5.10 Å². The Balaban J connectivity index is 1.35. The maximum atomic E-state index is 14.2. The van der Waals surface area contributed by atoms with Gasteiger partial charge in [-0.1, -0.05) is 30.3 Å². The van der Waals surface area contributed by atoms with Crippen molar-refractivity contribution >= 4 is 5.91 Å². The summed E-state index contributed by atoms with van der Waals surface area (Å²) in [4.78, 5) is 27.9. The Bertz CT molecular complexity index is 1400. The first-order valence-corrected chi connectivity index (χ1v) is 11.0. The first-order valence-electron chi connectivity index (χ1n) is 11.0. The van der Waals surface area contributed by atoms with Crippen molar-refractivity contribution in [1.29, 1.82) is 0 Å². The zero-order valence-corrected chi connectivity index (χ0v) is 18.7. The maximum Gasteiger partial charge on any atom is 0.254 e. The number of carbonyl (C=O) groups is 1. The molecule has 2 aromatic heterocycles. The molecule has 0 spiro atoms. The summed E-state index contributed by atoms with van der Waals surface area (Å²) in [5, 5.41) is 11.1. The first-order chi connectivity index (χ1) is 16.5. The van der Waals surface area contributed by atoms with Gasteiger partial charge < -0.3 is 9.47 Å². The van der Waals surface area contributed by atoms with E-state index in [2.05, 4.69) is 15.5 Å². The second-order valence-electron chi connectivity index (χ2n) is 8.45. The van der Waals surface area contributed by atoms with E-state index in [1.54, 1.807) is 39.4 Å². The zero-order chi connectivity index (χ0) is 23.7. The number of halogens is 1. The lowest BCUT2D eigenvalue weighted by molar-refractivity contribution is 0.0732. The van der Waals surface area contributed by atoms with Gasteiger partial charge in [0.25, 0.3) is 11.5 Å². The number of aromatic nitrogens is 5. The molecule has 8 nitrogen and oxygen atoms in total. The van der Waals surface area contributed by atoms with Gasteiger partial charge in [0.1, 0.15) is 12.1 Å². The number of fused-ring (bicyclic) bond motifs is 1. The van der Waals surface area contributed by atoms with Gasteiger partial charge in [0, 0.05) is 49.8 Å². The van der Waals surface area contributed by atoms with Crippen LogP contribution in [0.25, 0.3) is 0 Å². The molecular formula is C25H23FN6O2. The minimum absolute atomic E-state index is 0.0656. The molecular weight excluding hydrogens is 435 g/mol. The van der Waals surface area contributed by atoms with Crippen molar-refractivity contribution in [2.75, 3.05) is 6.54 Å². The van der Waals surface area contributed by atoms with Crippen LogP contribution < -0.4 is 5.56 Å². The van der Waals surface area contributed by atoms with Gasteiger partial charge in [0.05, 0.1) is 6.54 Å². The van der Waals surface area contributed by atoms with Gasteiger partial charge in [0.15, 0.2) is 0 Å². The molecule has 0 radical (unpaired) electrons. The first kappa shape index (κ1) is 21.7. The molecule has 0 bridgehead atoms. The molecule has 0 saturated carbocycles. The fraction of sp³-hybridized carbons (Fsp3) is 0.240. The smallest absolute Gasteiger partial charge is 0.254 e. The van der Waals surface area contributed by atoms with E-state index >= 15 is 0 Å². The fourth-order valence-corrected chi connectivity index (χ4v) is 4.42. The molecule has 2 aromatic carbocycles. The Morgan fingerprint density at radius 1 is 1.09 bits per heavy atom. The summed E-state index contributed by atoms with van der Waals surface area (Å²) in [5.41, 5.74) is 4.30. The largest absolute Gasteiger partial charge is 0.334 e. The van der Waals surface area contributed by atoms with Crippen LogP contribution >= 0.6 is 0 Å². The van der Waals surface area contributed by atoms with Crippen LogP contribution in [0, 0.1) is 5.82 Å². The summed E-state index contributed by atoms with van der Waals surface area (Å²) in [6, 6.07) is 15.7. The van der Waals surface area contributed by atoms with E-state index in [1.165, 1.54) is 12.4 Å². The van der Waals surface area contributed by atoms with Crippen molar-refractivity contribution in [3.8, 4) is 0 Å². The van der Waals surface area contributed by atoms with Crippen molar-refractivity contribution in [1.82, 2.24) is 29.7 Å². The SMILES string of the molecule is Cn1c2c(cc(Cc3ccccc3F)c1=O)CN(C(=O)c1ccc(Cn3cnnn3)cc1)CC2. The van der Waals surface area contributed by atoms with E-state index in [0.29, 0.717) is 42.7 Å². The Morgan fingerprint density at radius 3 is 2.62 bits per heavy atom. The molecule has 5 rings (SSSR count). The van der Waals surface area contributed by atoms with Crippen LogP contribution in [0.5, 0.6) is 0 Å². The number of nitrogens with zero attached hydrogens (tertiary/aromatic N) is 6. The standard InChI is InChI=1S/C25H23FN6O2/c1-30-23-10-11-31(25(34)18-8-6-17(7-9-18)14-32-16-27-28-29-32)15-21(23)13-20(24(30)33)12-19-4-2-3-5-22(19)26/h2-9,13,16H,10-12,14-15H2,1H3. The Labute approximate surface area is 195 Å². The second kappa shape index (κ2) is 9.01. The minimum Gasteiger partial charge on any atom is -0.334 e. The highest BCUT2D eigenvalue weighted by molar-refractivity contribution is 5.94. The van der Waals surface area contributed by atoms with Crippen LogP contribution in [-0.2, 0) is 33.0 Å². The van der Waals surface area contributed by atoms with Gasteiger partial charge in [0.2, 0.25) is 0 Å². The number of rotatable bonds is 5. The van der Waals surface area contributed by atoms with Gasteiger partial charge in [-0.05, 0) is 51.4 Å². The van der Waals surface area contributed by atoms with E-state index in [0.717, 1.165) is 16.8 Å². The van der Waals surface area contributed by atoms with Crippen LogP contribution in [0.1, 0.15) is 38.3 Å². The number of hydrogen-bond donors (Lipinski definition) is 0. The number of hydrogen-bond acceptors (Lipinski definition) is 5. The van der Waals surface area contributed by atoms with Crippen molar-refractivity contribution in [3.63, 3.8) is 0 Å². The second-order valence-corrected chi connectivity index (χ2v) is 8.45. The summed E-state index contributed by atoms with van der Waals surface area (Å²) < 4.78 is 17.4. The molecule has 0 N–H and O–H groups in total. The summed E-state index contributed by atoms with van der Waals surface area (Å²) in [6.07, 6.45) is 2.34. The van der Waals surface area contributed by atoms with Crippen LogP contribution in [-0.4, -0.2) is 42.1 Å². The third-order valence-corrected chi connectivity index (χ3v) is 6.25. The van der Waals surface area contributed by atoms with Gasteiger partial charge in [-0.25, -0.2) is 9.07 Å². The van der Waals surface area contributed by atoms with Crippen LogP contribution in [0.3, 0.4) is 0 Å². The normalized spacial score (nSPS) is 13.1.